The summed E-state index contributed by atoms with van der Waals surface area (Å²) in [6.45, 7) is 16.0. The van der Waals surface area contributed by atoms with E-state index in [9.17, 15) is 0 Å². The Morgan fingerprint density at radius 3 is 2.53 bits per heavy atom. The van der Waals surface area contributed by atoms with Crippen molar-refractivity contribution < 1.29 is 0 Å². The summed E-state index contributed by atoms with van der Waals surface area (Å²) in [5, 5.41) is 12.4. The van der Waals surface area contributed by atoms with Crippen LogP contribution in [0.3, 0.4) is 0 Å². The van der Waals surface area contributed by atoms with E-state index >= 15 is 0 Å². The van der Waals surface area contributed by atoms with Crippen LogP contribution >= 0.6 is 0 Å². The van der Waals surface area contributed by atoms with E-state index in [-0.39, 0.29) is 5.92 Å². The van der Waals surface area contributed by atoms with Gasteiger partial charge < -0.3 is 20.0 Å². The number of nitriles is 1. The topological polar surface area (TPSA) is 84.2 Å². The molecule has 2 spiro atoms. The first kappa shape index (κ1) is 23.0. The van der Waals surface area contributed by atoms with Crippen LogP contribution in [0.15, 0.2) is 37.2 Å². The summed E-state index contributed by atoms with van der Waals surface area (Å²) in [6.07, 6.45) is 9.70. The maximum Gasteiger partial charge on any atom is 0.228 e. The fourth-order valence-electron chi connectivity index (χ4n) is 6.58. The first-order valence-electron chi connectivity index (χ1n) is 13.0. The Hall–Kier alpha value is -3.44. The quantitative estimate of drug-likeness (QED) is 0.634. The van der Waals surface area contributed by atoms with Gasteiger partial charge in [0.25, 0.3) is 0 Å². The predicted octanol–water partition coefficient (Wildman–Crippen LogP) is 4.00. The second-order valence-corrected chi connectivity index (χ2v) is 11.2. The average Bonchev–Trinajstić information content (AvgIpc) is 2.79. The number of pyridine rings is 1. The summed E-state index contributed by atoms with van der Waals surface area (Å²) in [7, 11) is 0. The lowest BCUT2D eigenvalue weighted by atomic mass is 9.58. The van der Waals surface area contributed by atoms with Gasteiger partial charge in [0.1, 0.15) is 5.82 Å². The zero-order valence-electron chi connectivity index (χ0n) is 21.2. The van der Waals surface area contributed by atoms with Gasteiger partial charge in [-0.05, 0) is 38.4 Å². The summed E-state index contributed by atoms with van der Waals surface area (Å²) >= 11 is 0. The van der Waals surface area contributed by atoms with Crippen molar-refractivity contribution in [3.63, 3.8) is 0 Å². The molecule has 8 heteroatoms. The molecule has 8 nitrogen and oxygen atoms in total. The van der Waals surface area contributed by atoms with Gasteiger partial charge >= 0.3 is 0 Å². The Morgan fingerprint density at radius 1 is 1.14 bits per heavy atom. The number of rotatable bonds is 7. The fraction of sp³-hybridized carbons (Fsp3) is 0.500. The molecule has 36 heavy (non-hydrogen) atoms. The van der Waals surface area contributed by atoms with Crippen molar-refractivity contribution in [2.24, 2.45) is 16.7 Å². The summed E-state index contributed by atoms with van der Waals surface area (Å²) in [6, 6.07) is 6.53. The van der Waals surface area contributed by atoms with Crippen molar-refractivity contribution in [3.8, 4) is 6.07 Å². The normalized spacial score (nSPS) is 22.3. The third kappa shape index (κ3) is 3.82. The van der Waals surface area contributed by atoms with Crippen LogP contribution in [0.2, 0.25) is 0 Å². The molecule has 4 fully saturated rings. The SMILES string of the molecule is C=Cc1cnc(Nc2ccc(N3CC4(CN(CC)C4)C3)cn2)nc1/C(=C\C)N1CC2(CC(C#N)C2)C1. The van der Waals surface area contributed by atoms with E-state index in [1.165, 1.54) is 18.8 Å². The average molecular weight is 483 g/mol. The molecule has 0 bridgehead atoms. The number of hydrogen-bond acceptors (Lipinski definition) is 8. The number of likely N-dealkylation sites (tertiary alicyclic amines) is 2. The highest BCUT2D eigenvalue weighted by Crippen LogP contribution is 2.53. The van der Waals surface area contributed by atoms with Gasteiger partial charge in [-0.2, -0.15) is 5.26 Å². The summed E-state index contributed by atoms with van der Waals surface area (Å²) in [5.74, 6) is 1.48. The molecule has 0 aromatic carbocycles. The monoisotopic (exact) mass is 482 g/mol. The Balaban J connectivity index is 1.11. The van der Waals surface area contributed by atoms with E-state index in [0.717, 1.165) is 68.3 Å². The molecule has 1 N–H and O–H groups in total. The summed E-state index contributed by atoms with van der Waals surface area (Å²) in [5.41, 5.74) is 4.86. The minimum absolute atomic E-state index is 0.227. The molecular formula is C28H34N8. The molecule has 2 aromatic heterocycles. The van der Waals surface area contributed by atoms with Crippen molar-refractivity contribution in [2.75, 3.05) is 56.0 Å². The van der Waals surface area contributed by atoms with Gasteiger partial charge in [0.2, 0.25) is 5.95 Å². The molecular weight excluding hydrogens is 448 g/mol. The molecule has 0 radical (unpaired) electrons. The molecule has 4 aliphatic rings. The molecule has 3 saturated heterocycles. The highest BCUT2D eigenvalue weighted by atomic mass is 15.3. The second kappa shape index (κ2) is 8.59. The highest BCUT2D eigenvalue weighted by molar-refractivity contribution is 5.71. The number of nitrogens with one attached hydrogen (secondary N) is 1. The third-order valence-corrected chi connectivity index (χ3v) is 8.46. The molecule has 186 valence electrons. The predicted molar refractivity (Wildman–Crippen MR) is 142 cm³/mol. The molecule has 6 rings (SSSR count). The molecule has 2 aromatic rings. The second-order valence-electron chi connectivity index (χ2n) is 11.2. The molecule has 0 amide bonds. The largest absolute Gasteiger partial charge is 0.369 e. The van der Waals surface area contributed by atoms with Crippen molar-refractivity contribution in [1.29, 1.82) is 5.26 Å². The van der Waals surface area contributed by atoms with Crippen molar-refractivity contribution in [3.05, 3.63) is 48.4 Å². The van der Waals surface area contributed by atoms with Gasteiger partial charge in [-0.3, -0.25) is 0 Å². The zero-order chi connectivity index (χ0) is 24.9. The maximum atomic E-state index is 9.15. The lowest BCUT2D eigenvalue weighted by molar-refractivity contribution is -0.0477. The first-order chi connectivity index (χ1) is 17.5. The van der Waals surface area contributed by atoms with Gasteiger partial charge in [0.05, 0.1) is 29.3 Å². The van der Waals surface area contributed by atoms with Gasteiger partial charge in [-0.15, -0.1) is 0 Å². The van der Waals surface area contributed by atoms with Crippen LogP contribution in [0.1, 0.15) is 37.9 Å². The van der Waals surface area contributed by atoms with Crippen molar-refractivity contribution >= 4 is 29.2 Å². The minimum Gasteiger partial charge on any atom is -0.369 e. The number of nitrogens with zero attached hydrogens (tertiary/aromatic N) is 7. The Labute approximate surface area is 213 Å². The zero-order valence-corrected chi connectivity index (χ0v) is 21.2. The van der Waals surface area contributed by atoms with E-state index in [0.29, 0.717) is 16.8 Å². The lowest BCUT2D eigenvalue weighted by Gasteiger charge is -2.61. The van der Waals surface area contributed by atoms with Crippen molar-refractivity contribution in [1.82, 2.24) is 24.8 Å². The van der Waals surface area contributed by atoms with Gasteiger partial charge in [-0.25, -0.2) is 15.0 Å². The molecule has 0 unspecified atom stereocenters. The van der Waals surface area contributed by atoms with Crippen LogP contribution in [0.25, 0.3) is 11.8 Å². The van der Waals surface area contributed by atoms with Crippen molar-refractivity contribution in [2.45, 2.75) is 26.7 Å². The van der Waals surface area contributed by atoms with Crippen LogP contribution < -0.4 is 10.2 Å². The van der Waals surface area contributed by atoms with E-state index in [4.69, 9.17) is 10.2 Å². The minimum atomic E-state index is 0.227. The first-order valence-corrected chi connectivity index (χ1v) is 13.0. The number of anilines is 3. The van der Waals surface area contributed by atoms with E-state index in [1.807, 2.05) is 31.5 Å². The Bertz CT molecular complexity index is 1220. The van der Waals surface area contributed by atoms with Gasteiger partial charge in [0, 0.05) is 67.8 Å². The summed E-state index contributed by atoms with van der Waals surface area (Å²) in [4.78, 5) is 21.3. The summed E-state index contributed by atoms with van der Waals surface area (Å²) < 4.78 is 0. The molecule has 1 aliphatic carbocycles. The maximum absolute atomic E-state index is 9.15. The van der Waals surface area contributed by atoms with E-state index in [2.05, 4.69) is 61.7 Å². The molecule has 0 atom stereocenters. The lowest BCUT2D eigenvalue weighted by Crippen LogP contribution is -2.72. The number of allylic oxidation sites excluding steroid dienone is 1. The molecule has 3 aliphatic heterocycles. The smallest absolute Gasteiger partial charge is 0.228 e. The van der Waals surface area contributed by atoms with E-state index < -0.39 is 0 Å². The van der Waals surface area contributed by atoms with E-state index in [1.54, 1.807) is 0 Å². The number of hydrogen-bond donors (Lipinski definition) is 1. The highest BCUT2D eigenvalue weighted by Gasteiger charge is 2.53. The fourth-order valence-corrected chi connectivity index (χ4v) is 6.58. The molecule has 1 saturated carbocycles. The van der Waals surface area contributed by atoms with Gasteiger partial charge in [-0.1, -0.05) is 25.7 Å². The standard InChI is InChI=1S/C28H34N8/c1-4-21-12-31-26(33-25(21)23(5-2)36-16-27(17-36)9-20(10-27)11-29)32-24-8-7-22(13-30-24)35-18-28(19-35)14-34(6-3)15-28/h4-5,7-8,12-13,20H,1,6,9-10,14-19H2,2-3H3,(H,30,31,32,33)/b23-5+. The van der Waals surface area contributed by atoms with Crippen LogP contribution in [0, 0.1) is 28.1 Å². The Morgan fingerprint density at radius 2 is 1.92 bits per heavy atom. The Kier molecular flexibility index (Phi) is 5.49. The van der Waals surface area contributed by atoms with Crippen LogP contribution in [-0.2, 0) is 0 Å². The van der Waals surface area contributed by atoms with Crippen LogP contribution in [0.5, 0.6) is 0 Å². The van der Waals surface area contributed by atoms with Crippen LogP contribution in [0.4, 0.5) is 17.5 Å². The van der Waals surface area contributed by atoms with Gasteiger partial charge in [0.15, 0.2) is 0 Å². The van der Waals surface area contributed by atoms with Crippen LogP contribution in [-0.4, -0.2) is 70.6 Å². The number of aromatic nitrogens is 3. The molecule has 5 heterocycles. The third-order valence-electron chi connectivity index (χ3n) is 8.46.